The van der Waals surface area contributed by atoms with E-state index in [1.165, 1.54) is 0 Å². The summed E-state index contributed by atoms with van der Waals surface area (Å²) in [5.74, 6) is -0.596. The Morgan fingerprint density at radius 3 is 2.83 bits per heavy atom. The minimum absolute atomic E-state index is 0.190. The fraction of sp³-hybridized carbons (Fsp3) is 0.667. The Balaban J connectivity index is 2.49. The average molecular weight is 169 g/mol. The molecule has 0 spiro atoms. The van der Waals surface area contributed by atoms with Gasteiger partial charge in [0.25, 0.3) is 0 Å². The van der Waals surface area contributed by atoms with Gasteiger partial charge in [0, 0.05) is 19.6 Å². The number of hydrogen-bond acceptors (Lipinski definition) is 2. The first-order valence-electron chi connectivity index (χ1n) is 4.21. The van der Waals surface area contributed by atoms with Gasteiger partial charge >= 0.3 is 5.97 Å². The largest absolute Gasteiger partial charge is 0.481 e. The van der Waals surface area contributed by atoms with Gasteiger partial charge in [-0.15, -0.1) is 6.58 Å². The van der Waals surface area contributed by atoms with Gasteiger partial charge in [-0.2, -0.15) is 0 Å². The van der Waals surface area contributed by atoms with E-state index in [4.69, 9.17) is 5.11 Å². The Morgan fingerprint density at radius 2 is 2.42 bits per heavy atom. The third-order valence-corrected chi connectivity index (χ3v) is 2.39. The number of nitrogens with zero attached hydrogens (tertiary/aromatic N) is 1. The summed E-state index contributed by atoms with van der Waals surface area (Å²) in [6, 6.07) is 0. The molecule has 0 saturated carbocycles. The lowest BCUT2D eigenvalue weighted by Gasteiger charge is -2.10. The highest BCUT2D eigenvalue weighted by Gasteiger charge is 2.33. The second-order valence-electron chi connectivity index (χ2n) is 3.43. The van der Waals surface area contributed by atoms with Crippen molar-refractivity contribution in [2.24, 2.45) is 11.8 Å². The van der Waals surface area contributed by atoms with Crippen LogP contribution in [0.5, 0.6) is 0 Å². The molecule has 3 nitrogen and oxygen atoms in total. The molecule has 0 amide bonds. The number of rotatable bonds is 3. The van der Waals surface area contributed by atoms with E-state index in [-0.39, 0.29) is 11.8 Å². The normalized spacial score (nSPS) is 30.4. The van der Waals surface area contributed by atoms with Crippen LogP contribution in [0.3, 0.4) is 0 Å². The van der Waals surface area contributed by atoms with E-state index in [2.05, 4.69) is 11.5 Å². The molecule has 0 aromatic carbocycles. The third-order valence-electron chi connectivity index (χ3n) is 2.39. The summed E-state index contributed by atoms with van der Waals surface area (Å²) in [6.45, 7) is 7.96. The second kappa shape index (κ2) is 3.72. The molecule has 1 aliphatic heterocycles. The van der Waals surface area contributed by atoms with Gasteiger partial charge in [0.15, 0.2) is 0 Å². The minimum atomic E-state index is -0.672. The predicted octanol–water partition coefficient (Wildman–Crippen LogP) is 0.825. The quantitative estimate of drug-likeness (QED) is 0.636. The van der Waals surface area contributed by atoms with Gasteiger partial charge in [-0.05, 0) is 5.92 Å². The van der Waals surface area contributed by atoms with Crippen molar-refractivity contribution in [2.45, 2.75) is 6.92 Å². The SMILES string of the molecule is C=CCN1CC(C)C(C(=O)O)C1. The zero-order chi connectivity index (χ0) is 9.14. The first-order valence-corrected chi connectivity index (χ1v) is 4.21. The number of likely N-dealkylation sites (tertiary alicyclic amines) is 1. The van der Waals surface area contributed by atoms with Gasteiger partial charge in [-0.25, -0.2) is 0 Å². The number of carboxylic acids is 1. The molecule has 2 atom stereocenters. The van der Waals surface area contributed by atoms with Crippen molar-refractivity contribution < 1.29 is 9.90 Å². The van der Waals surface area contributed by atoms with Crippen LogP contribution >= 0.6 is 0 Å². The topological polar surface area (TPSA) is 40.5 Å². The van der Waals surface area contributed by atoms with Crippen molar-refractivity contribution in [2.75, 3.05) is 19.6 Å². The van der Waals surface area contributed by atoms with Crippen molar-refractivity contribution in [3.8, 4) is 0 Å². The molecule has 1 N–H and O–H groups in total. The number of hydrogen-bond donors (Lipinski definition) is 1. The predicted molar refractivity (Wildman–Crippen MR) is 46.9 cm³/mol. The van der Waals surface area contributed by atoms with Gasteiger partial charge in [-0.1, -0.05) is 13.0 Å². The van der Waals surface area contributed by atoms with Gasteiger partial charge < -0.3 is 5.11 Å². The molecule has 3 heteroatoms. The van der Waals surface area contributed by atoms with E-state index in [9.17, 15) is 4.79 Å². The van der Waals surface area contributed by atoms with Crippen molar-refractivity contribution in [1.82, 2.24) is 4.90 Å². The molecule has 1 saturated heterocycles. The van der Waals surface area contributed by atoms with Crippen molar-refractivity contribution in [3.63, 3.8) is 0 Å². The molecule has 1 heterocycles. The fourth-order valence-corrected chi connectivity index (χ4v) is 1.72. The standard InChI is InChI=1S/C9H15NO2/c1-3-4-10-5-7(2)8(6-10)9(11)12/h3,7-8H,1,4-6H2,2H3,(H,11,12). The van der Waals surface area contributed by atoms with Gasteiger partial charge in [0.05, 0.1) is 5.92 Å². The summed E-state index contributed by atoms with van der Waals surface area (Å²) in [5, 5.41) is 8.82. The highest BCUT2D eigenvalue weighted by atomic mass is 16.4. The molecule has 0 radical (unpaired) electrons. The third kappa shape index (κ3) is 1.85. The van der Waals surface area contributed by atoms with Crippen molar-refractivity contribution in [3.05, 3.63) is 12.7 Å². The summed E-state index contributed by atoms with van der Waals surface area (Å²) in [7, 11) is 0. The van der Waals surface area contributed by atoms with Crippen LogP contribution in [0.15, 0.2) is 12.7 Å². The lowest BCUT2D eigenvalue weighted by atomic mass is 9.99. The van der Waals surface area contributed by atoms with Crippen molar-refractivity contribution in [1.29, 1.82) is 0 Å². The highest BCUT2D eigenvalue weighted by Crippen LogP contribution is 2.22. The van der Waals surface area contributed by atoms with E-state index in [1.54, 1.807) is 0 Å². The van der Waals surface area contributed by atoms with E-state index < -0.39 is 5.97 Å². The molecular weight excluding hydrogens is 154 g/mol. The maximum Gasteiger partial charge on any atom is 0.308 e. The zero-order valence-corrected chi connectivity index (χ0v) is 7.36. The van der Waals surface area contributed by atoms with Gasteiger partial charge in [0.2, 0.25) is 0 Å². The molecule has 0 aromatic heterocycles. The number of carbonyl (C=O) groups is 1. The Kier molecular flexibility index (Phi) is 2.87. The van der Waals surface area contributed by atoms with E-state index >= 15 is 0 Å². The summed E-state index contributed by atoms with van der Waals surface area (Å²) in [4.78, 5) is 12.8. The van der Waals surface area contributed by atoms with E-state index in [0.29, 0.717) is 6.54 Å². The Labute approximate surface area is 72.7 Å². The molecule has 12 heavy (non-hydrogen) atoms. The van der Waals surface area contributed by atoms with Crippen LogP contribution in [0.4, 0.5) is 0 Å². The summed E-state index contributed by atoms with van der Waals surface area (Å²) in [6.07, 6.45) is 1.82. The van der Waals surface area contributed by atoms with Gasteiger partial charge in [-0.3, -0.25) is 9.69 Å². The van der Waals surface area contributed by atoms with Gasteiger partial charge in [0.1, 0.15) is 0 Å². The van der Waals surface area contributed by atoms with Crippen LogP contribution in [0.1, 0.15) is 6.92 Å². The maximum absolute atomic E-state index is 10.7. The smallest absolute Gasteiger partial charge is 0.308 e. The first kappa shape index (κ1) is 9.26. The average Bonchev–Trinajstić information content (AvgIpc) is 2.32. The molecule has 68 valence electrons. The van der Waals surface area contributed by atoms with Crippen LogP contribution in [0, 0.1) is 11.8 Å². The van der Waals surface area contributed by atoms with E-state index in [1.807, 2.05) is 13.0 Å². The summed E-state index contributed by atoms with van der Waals surface area (Å²) >= 11 is 0. The van der Waals surface area contributed by atoms with Crippen molar-refractivity contribution >= 4 is 5.97 Å². The molecule has 0 aliphatic carbocycles. The molecule has 1 rings (SSSR count). The van der Waals surface area contributed by atoms with Crippen LogP contribution in [-0.2, 0) is 4.79 Å². The van der Waals surface area contributed by atoms with Crippen LogP contribution in [0.2, 0.25) is 0 Å². The zero-order valence-electron chi connectivity index (χ0n) is 7.36. The molecule has 0 aromatic rings. The summed E-state index contributed by atoms with van der Waals surface area (Å²) in [5.41, 5.74) is 0. The Hall–Kier alpha value is -0.830. The Morgan fingerprint density at radius 1 is 1.75 bits per heavy atom. The maximum atomic E-state index is 10.7. The fourth-order valence-electron chi connectivity index (χ4n) is 1.72. The highest BCUT2D eigenvalue weighted by molar-refractivity contribution is 5.71. The van der Waals surface area contributed by atoms with Crippen LogP contribution in [0.25, 0.3) is 0 Å². The monoisotopic (exact) mass is 169 g/mol. The first-order chi connectivity index (χ1) is 5.65. The lowest BCUT2D eigenvalue weighted by molar-refractivity contribution is -0.142. The molecule has 2 unspecified atom stereocenters. The Bertz CT molecular complexity index is 191. The minimum Gasteiger partial charge on any atom is -0.481 e. The second-order valence-corrected chi connectivity index (χ2v) is 3.43. The molecule has 1 aliphatic rings. The van der Waals surface area contributed by atoms with Crippen LogP contribution in [-0.4, -0.2) is 35.6 Å². The summed E-state index contributed by atoms with van der Waals surface area (Å²) < 4.78 is 0. The molecular formula is C9H15NO2. The molecule has 1 fully saturated rings. The van der Waals surface area contributed by atoms with Crippen LogP contribution < -0.4 is 0 Å². The lowest BCUT2D eigenvalue weighted by Crippen LogP contribution is -2.23. The molecule has 0 bridgehead atoms. The number of aliphatic carboxylic acids is 1. The number of carboxylic acid groups (broad SMARTS) is 1. The van der Waals surface area contributed by atoms with E-state index in [0.717, 1.165) is 13.1 Å².